The number of hydrogen-bond donors (Lipinski definition) is 1. The average molecular weight is 807 g/mol. The molecule has 0 spiro atoms. The van der Waals surface area contributed by atoms with Gasteiger partial charge in [0.25, 0.3) is 0 Å². The van der Waals surface area contributed by atoms with Crippen LogP contribution in [0, 0.1) is 5.41 Å². The van der Waals surface area contributed by atoms with Crippen LogP contribution in [0.5, 0.6) is 0 Å². The van der Waals surface area contributed by atoms with E-state index in [9.17, 15) is 5.11 Å². The van der Waals surface area contributed by atoms with E-state index >= 15 is 0 Å². The maximum atomic E-state index is 10.6. The molecule has 0 aliphatic carbocycles. The molecule has 1 rings (SSSR count). The molecule has 7 nitrogen and oxygen atoms in total. The Morgan fingerprint density at radius 3 is 1.00 bits per heavy atom. The van der Waals surface area contributed by atoms with Crippen molar-refractivity contribution in [1.82, 2.24) is 0 Å². The molecule has 336 valence electrons. The SMILES string of the molecule is CCCCCCCCCCCCCCCCOCC(CO)(COCCCCCCCCCCCCCCCC)COCCOCCOCCOCc1ccccc1. The molecule has 0 amide bonds. The zero-order chi connectivity index (χ0) is 40.8. The highest BCUT2D eigenvalue weighted by Crippen LogP contribution is 2.21. The van der Waals surface area contributed by atoms with Crippen molar-refractivity contribution in [2.75, 3.05) is 79.3 Å². The van der Waals surface area contributed by atoms with E-state index in [4.69, 9.17) is 28.4 Å². The van der Waals surface area contributed by atoms with Gasteiger partial charge in [0.15, 0.2) is 0 Å². The standard InChI is InChI=1S/C50H94O7/c1-3-5-7-9-11-13-15-17-19-21-23-25-27-32-36-55-46-50(45-51,47-56-37-33-28-26-24-22-20-18-16-14-12-10-8-6-4-2)48-57-43-41-53-39-38-52-40-42-54-44-49-34-30-29-31-35-49/h29-31,34-35,51H,3-28,32-33,36-48H2,1-2H3. The summed E-state index contributed by atoms with van der Waals surface area (Å²) in [6.07, 6.45) is 37.7. The minimum atomic E-state index is -0.561. The molecule has 0 aliphatic heterocycles. The maximum absolute atomic E-state index is 10.6. The number of hydrogen-bond acceptors (Lipinski definition) is 7. The molecule has 0 atom stereocenters. The Kier molecular flexibility index (Phi) is 42.1. The second kappa shape index (κ2) is 44.5. The van der Waals surface area contributed by atoms with E-state index in [0.29, 0.717) is 66.1 Å². The zero-order valence-electron chi connectivity index (χ0n) is 37.8. The molecule has 0 saturated heterocycles. The summed E-state index contributed by atoms with van der Waals surface area (Å²) in [6.45, 7) is 11.0. The first-order valence-corrected chi connectivity index (χ1v) is 24.4. The number of benzene rings is 1. The zero-order valence-corrected chi connectivity index (χ0v) is 37.8. The van der Waals surface area contributed by atoms with Crippen LogP contribution in [0.1, 0.15) is 199 Å². The van der Waals surface area contributed by atoms with Crippen molar-refractivity contribution >= 4 is 0 Å². The Bertz CT molecular complexity index is 849. The minimum absolute atomic E-state index is 0.0223. The topological polar surface area (TPSA) is 75.6 Å². The predicted molar refractivity (Wildman–Crippen MR) is 240 cm³/mol. The second-order valence-corrected chi connectivity index (χ2v) is 16.8. The summed E-state index contributed by atoms with van der Waals surface area (Å²) in [4.78, 5) is 0. The minimum Gasteiger partial charge on any atom is -0.396 e. The van der Waals surface area contributed by atoms with Crippen LogP contribution >= 0.6 is 0 Å². The smallest absolute Gasteiger partial charge is 0.0718 e. The van der Waals surface area contributed by atoms with Gasteiger partial charge >= 0.3 is 0 Å². The van der Waals surface area contributed by atoms with Crippen molar-refractivity contribution in [3.05, 3.63) is 35.9 Å². The lowest BCUT2D eigenvalue weighted by molar-refractivity contribution is -0.0994. The lowest BCUT2D eigenvalue weighted by Gasteiger charge is -2.31. The van der Waals surface area contributed by atoms with Crippen molar-refractivity contribution in [1.29, 1.82) is 0 Å². The molecule has 0 saturated carbocycles. The van der Waals surface area contributed by atoms with Crippen molar-refractivity contribution in [2.24, 2.45) is 5.41 Å². The van der Waals surface area contributed by atoms with Crippen molar-refractivity contribution in [3.63, 3.8) is 0 Å². The highest BCUT2D eigenvalue weighted by Gasteiger charge is 2.31. The predicted octanol–water partition coefficient (Wildman–Crippen LogP) is 13.2. The van der Waals surface area contributed by atoms with Gasteiger partial charge in [-0.15, -0.1) is 0 Å². The summed E-state index contributed by atoms with van der Waals surface area (Å²) in [7, 11) is 0. The van der Waals surface area contributed by atoms with Crippen molar-refractivity contribution < 1.29 is 33.5 Å². The summed E-state index contributed by atoms with van der Waals surface area (Å²) in [5.74, 6) is 0. The average Bonchev–Trinajstić information content (AvgIpc) is 3.23. The Morgan fingerprint density at radius 2 is 0.649 bits per heavy atom. The van der Waals surface area contributed by atoms with Gasteiger partial charge in [-0.3, -0.25) is 0 Å². The summed E-state index contributed by atoms with van der Waals surface area (Å²) in [5, 5.41) is 10.6. The third-order valence-corrected chi connectivity index (χ3v) is 11.1. The van der Waals surface area contributed by atoms with Crippen LogP contribution < -0.4 is 0 Å². The van der Waals surface area contributed by atoms with E-state index in [1.165, 1.54) is 173 Å². The molecule has 0 heterocycles. The molecule has 57 heavy (non-hydrogen) atoms. The van der Waals surface area contributed by atoms with E-state index in [1.54, 1.807) is 0 Å². The molecule has 0 fully saturated rings. The Balaban J connectivity index is 2.20. The Labute approximate surface area is 353 Å². The van der Waals surface area contributed by atoms with E-state index in [0.717, 1.165) is 26.1 Å². The van der Waals surface area contributed by atoms with Crippen LogP contribution in [0.4, 0.5) is 0 Å². The van der Waals surface area contributed by atoms with Gasteiger partial charge in [0.2, 0.25) is 0 Å². The Morgan fingerprint density at radius 1 is 0.351 bits per heavy atom. The van der Waals surface area contributed by atoms with Gasteiger partial charge in [0.05, 0.1) is 78.1 Å². The lowest BCUT2D eigenvalue weighted by atomic mass is 9.92. The summed E-state index contributed by atoms with van der Waals surface area (Å²) in [6, 6.07) is 10.2. The number of aliphatic hydroxyl groups excluding tert-OH is 1. The van der Waals surface area contributed by atoms with Crippen LogP contribution in [0.25, 0.3) is 0 Å². The fourth-order valence-corrected chi connectivity index (χ4v) is 7.25. The largest absolute Gasteiger partial charge is 0.396 e. The van der Waals surface area contributed by atoms with Gasteiger partial charge in [0, 0.05) is 13.2 Å². The van der Waals surface area contributed by atoms with E-state index in [1.807, 2.05) is 18.2 Å². The highest BCUT2D eigenvalue weighted by molar-refractivity contribution is 5.13. The van der Waals surface area contributed by atoms with E-state index in [-0.39, 0.29) is 6.61 Å². The molecule has 0 unspecified atom stereocenters. The fourth-order valence-electron chi connectivity index (χ4n) is 7.25. The molecular weight excluding hydrogens is 713 g/mol. The molecule has 1 aromatic carbocycles. The molecule has 0 aliphatic rings. The third-order valence-electron chi connectivity index (χ3n) is 11.1. The van der Waals surface area contributed by atoms with Crippen LogP contribution in [-0.4, -0.2) is 84.4 Å². The number of rotatable bonds is 48. The molecule has 0 aromatic heterocycles. The molecular formula is C50H94O7. The third kappa shape index (κ3) is 37.7. The first-order valence-electron chi connectivity index (χ1n) is 24.4. The van der Waals surface area contributed by atoms with Gasteiger partial charge in [0.1, 0.15) is 0 Å². The van der Waals surface area contributed by atoms with Crippen LogP contribution in [0.3, 0.4) is 0 Å². The van der Waals surface area contributed by atoms with Crippen LogP contribution in [0.2, 0.25) is 0 Å². The lowest BCUT2D eigenvalue weighted by Crippen LogP contribution is -2.41. The normalized spacial score (nSPS) is 11.9. The monoisotopic (exact) mass is 807 g/mol. The quantitative estimate of drug-likeness (QED) is 0.0657. The van der Waals surface area contributed by atoms with Gasteiger partial charge < -0.3 is 33.5 Å². The molecule has 0 radical (unpaired) electrons. The first kappa shape index (κ1) is 54.0. The van der Waals surface area contributed by atoms with Gasteiger partial charge in [-0.05, 0) is 18.4 Å². The number of unbranched alkanes of at least 4 members (excludes halogenated alkanes) is 26. The van der Waals surface area contributed by atoms with Crippen molar-refractivity contribution in [3.8, 4) is 0 Å². The summed E-state index contributed by atoms with van der Waals surface area (Å²) in [5.41, 5.74) is 0.605. The number of ether oxygens (including phenoxy) is 6. The van der Waals surface area contributed by atoms with E-state index in [2.05, 4.69) is 26.0 Å². The van der Waals surface area contributed by atoms with Crippen LogP contribution in [0.15, 0.2) is 30.3 Å². The highest BCUT2D eigenvalue weighted by atomic mass is 16.6. The first-order chi connectivity index (χ1) is 28.3. The van der Waals surface area contributed by atoms with E-state index < -0.39 is 5.41 Å². The number of aliphatic hydroxyl groups is 1. The fraction of sp³-hybridized carbons (Fsp3) is 0.880. The summed E-state index contributed by atoms with van der Waals surface area (Å²) < 4.78 is 35.4. The summed E-state index contributed by atoms with van der Waals surface area (Å²) >= 11 is 0. The molecule has 1 aromatic rings. The molecule has 7 heteroatoms. The second-order valence-electron chi connectivity index (χ2n) is 16.8. The Hall–Kier alpha value is -1.06. The van der Waals surface area contributed by atoms with Gasteiger partial charge in [-0.25, -0.2) is 0 Å². The maximum Gasteiger partial charge on any atom is 0.0718 e. The van der Waals surface area contributed by atoms with Crippen LogP contribution in [-0.2, 0) is 35.0 Å². The molecule has 1 N–H and O–H groups in total. The van der Waals surface area contributed by atoms with Crippen molar-refractivity contribution in [2.45, 2.75) is 200 Å². The van der Waals surface area contributed by atoms with Gasteiger partial charge in [-0.2, -0.15) is 0 Å². The van der Waals surface area contributed by atoms with Gasteiger partial charge in [-0.1, -0.05) is 211 Å². The molecule has 0 bridgehead atoms.